The van der Waals surface area contributed by atoms with Crippen molar-refractivity contribution < 1.29 is 0 Å². The van der Waals surface area contributed by atoms with Crippen LogP contribution in [0.5, 0.6) is 0 Å². The second-order valence-electron chi connectivity index (χ2n) is 4.81. The molecule has 2 aromatic heterocycles. The zero-order valence-corrected chi connectivity index (χ0v) is 12.3. The molecule has 0 aliphatic heterocycles. The first kappa shape index (κ1) is 12.2. The van der Waals surface area contributed by atoms with Crippen LogP contribution in [0, 0.1) is 17.0 Å². The lowest BCUT2D eigenvalue weighted by Crippen LogP contribution is -2.16. The molecular formula is C12H14N3SSi. The summed E-state index contributed by atoms with van der Waals surface area (Å²) in [5.41, 5.74) is 8.57. The molecule has 2 rings (SSSR count). The fourth-order valence-corrected chi connectivity index (χ4v) is 2.32. The van der Waals surface area contributed by atoms with Gasteiger partial charge in [0.05, 0.1) is 5.69 Å². The Hall–Kier alpha value is -1.25. The fraction of sp³-hybridized carbons (Fsp3) is 0.417. The Labute approximate surface area is 106 Å². The average molecular weight is 260 g/mol. The Kier molecular flexibility index (Phi) is 3.27. The van der Waals surface area contributed by atoms with Gasteiger partial charge < -0.3 is 0 Å². The summed E-state index contributed by atoms with van der Waals surface area (Å²) in [5, 5.41) is 0. The van der Waals surface area contributed by atoms with Gasteiger partial charge in [-0.2, -0.15) is 0 Å². The van der Waals surface area contributed by atoms with Gasteiger partial charge in [0.2, 0.25) is 0 Å². The van der Waals surface area contributed by atoms with Crippen LogP contribution in [-0.2, 0) is 6.42 Å². The van der Waals surface area contributed by atoms with Crippen molar-refractivity contribution in [3.05, 3.63) is 16.9 Å². The lowest BCUT2D eigenvalue weighted by atomic mass is 10.2. The first-order chi connectivity index (χ1) is 7.99. The van der Waals surface area contributed by atoms with Crippen molar-refractivity contribution in [3.63, 3.8) is 0 Å². The maximum absolute atomic E-state index is 4.52. The summed E-state index contributed by atoms with van der Waals surface area (Å²) in [7, 11) is -1.38. The van der Waals surface area contributed by atoms with Crippen LogP contribution in [-0.4, -0.2) is 23.0 Å². The third-order valence-electron chi connectivity index (χ3n) is 2.10. The van der Waals surface area contributed by atoms with Gasteiger partial charge in [0, 0.05) is 0 Å². The number of aromatic nitrogens is 3. The lowest BCUT2D eigenvalue weighted by Gasteiger charge is -2.04. The minimum Gasteiger partial charge on any atom is -0.228 e. The monoisotopic (exact) mass is 260 g/mol. The van der Waals surface area contributed by atoms with Gasteiger partial charge in [-0.25, -0.2) is 15.0 Å². The van der Waals surface area contributed by atoms with Crippen LogP contribution < -0.4 is 0 Å². The summed E-state index contributed by atoms with van der Waals surface area (Å²) in [6, 6.07) is 0. The Morgan fingerprint density at radius 2 is 2.06 bits per heavy atom. The number of fused-ring (bicyclic) bond motifs is 1. The van der Waals surface area contributed by atoms with Crippen LogP contribution in [0.25, 0.3) is 10.5 Å². The SMILES string of the molecule is CCc1nc2n[c]sc2nc1C#C[Si](C)(C)C. The highest BCUT2D eigenvalue weighted by Crippen LogP contribution is 2.15. The molecule has 0 bridgehead atoms. The molecule has 0 amide bonds. The number of thiazole rings is 1. The topological polar surface area (TPSA) is 38.7 Å². The smallest absolute Gasteiger partial charge is 0.190 e. The Bertz CT molecular complexity index is 601. The molecule has 0 fully saturated rings. The third kappa shape index (κ3) is 2.90. The molecule has 0 saturated carbocycles. The van der Waals surface area contributed by atoms with Gasteiger partial charge in [-0.1, -0.05) is 43.8 Å². The second-order valence-corrected chi connectivity index (χ2v) is 10.3. The highest BCUT2D eigenvalue weighted by atomic mass is 32.1. The normalized spacial score (nSPS) is 11.3. The standard InChI is InChI=1S/C12H14N3SSi/c1-5-9-10(6-7-17(2,3)4)15-12-11(14-9)13-8-16-12/h5H2,1-4H3. The van der Waals surface area contributed by atoms with Crippen molar-refractivity contribution in [2.24, 2.45) is 0 Å². The van der Waals surface area contributed by atoms with Crippen LogP contribution in [0.15, 0.2) is 0 Å². The number of rotatable bonds is 1. The molecule has 87 valence electrons. The van der Waals surface area contributed by atoms with Crippen molar-refractivity contribution in [1.82, 2.24) is 15.0 Å². The van der Waals surface area contributed by atoms with Crippen molar-refractivity contribution >= 4 is 29.9 Å². The molecule has 5 heteroatoms. The van der Waals surface area contributed by atoms with Crippen LogP contribution >= 0.6 is 11.3 Å². The van der Waals surface area contributed by atoms with Gasteiger partial charge in [-0.15, -0.1) is 5.54 Å². The molecule has 0 atom stereocenters. The van der Waals surface area contributed by atoms with Gasteiger partial charge in [0.15, 0.2) is 16.0 Å². The van der Waals surface area contributed by atoms with E-state index >= 15 is 0 Å². The number of hydrogen-bond acceptors (Lipinski definition) is 4. The van der Waals surface area contributed by atoms with Crippen molar-refractivity contribution in [1.29, 1.82) is 0 Å². The van der Waals surface area contributed by atoms with E-state index in [-0.39, 0.29) is 0 Å². The predicted molar refractivity (Wildman–Crippen MR) is 73.6 cm³/mol. The van der Waals surface area contributed by atoms with E-state index in [4.69, 9.17) is 0 Å². The van der Waals surface area contributed by atoms with Crippen molar-refractivity contribution in [3.8, 4) is 11.5 Å². The summed E-state index contributed by atoms with van der Waals surface area (Å²) in [6.07, 6.45) is 0.830. The summed E-state index contributed by atoms with van der Waals surface area (Å²) in [6.45, 7) is 8.72. The molecule has 0 unspecified atom stereocenters. The average Bonchev–Trinajstić information content (AvgIpc) is 2.70. The van der Waals surface area contributed by atoms with E-state index in [9.17, 15) is 0 Å². The molecule has 0 aliphatic rings. The molecule has 17 heavy (non-hydrogen) atoms. The van der Waals surface area contributed by atoms with Gasteiger partial charge >= 0.3 is 0 Å². The van der Waals surface area contributed by atoms with E-state index < -0.39 is 8.07 Å². The van der Waals surface area contributed by atoms with E-state index in [0.717, 1.165) is 22.6 Å². The molecule has 2 aromatic rings. The second kappa shape index (κ2) is 4.55. The Morgan fingerprint density at radius 3 is 2.71 bits per heavy atom. The van der Waals surface area contributed by atoms with Gasteiger partial charge in [-0.05, 0) is 6.42 Å². The quantitative estimate of drug-likeness (QED) is 0.584. The first-order valence-corrected chi connectivity index (χ1v) is 9.88. The van der Waals surface area contributed by atoms with Crippen LogP contribution in [0.2, 0.25) is 19.6 Å². The van der Waals surface area contributed by atoms with E-state index in [0.29, 0.717) is 5.65 Å². The molecule has 0 aliphatic carbocycles. The number of aryl methyl sites for hydroxylation is 1. The maximum Gasteiger partial charge on any atom is 0.190 e. The summed E-state index contributed by atoms with van der Waals surface area (Å²) >= 11 is 1.39. The Balaban J connectivity index is 2.53. The number of nitrogens with zero attached hydrogens (tertiary/aromatic N) is 3. The Morgan fingerprint density at radius 1 is 1.29 bits per heavy atom. The van der Waals surface area contributed by atoms with Crippen molar-refractivity contribution in [2.45, 2.75) is 33.0 Å². The predicted octanol–water partition coefficient (Wildman–Crippen LogP) is 2.68. The highest BCUT2D eigenvalue weighted by Gasteiger charge is 2.10. The van der Waals surface area contributed by atoms with Crippen molar-refractivity contribution in [2.75, 3.05) is 0 Å². The zero-order valence-electron chi connectivity index (χ0n) is 10.5. The summed E-state index contributed by atoms with van der Waals surface area (Å²) < 4.78 is 0. The summed E-state index contributed by atoms with van der Waals surface area (Å²) in [4.78, 5) is 13.9. The molecule has 0 N–H and O–H groups in total. The third-order valence-corrected chi connectivity index (χ3v) is 3.63. The first-order valence-electron chi connectivity index (χ1n) is 5.56. The molecule has 0 saturated heterocycles. The van der Waals surface area contributed by atoms with E-state index in [2.05, 4.69) is 58.5 Å². The molecule has 0 aromatic carbocycles. The minimum atomic E-state index is -1.38. The largest absolute Gasteiger partial charge is 0.228 e. The van der Waals surface area contributed by atoms with E-state index in [1.807, 2.05) is 0 Å². The van der Waals surface area contributed by atoms with Crippen LogP contribution in [0.4, 0.5) is 0 Å². The molecular weight excluding hydrogens is 246 g/mol. The molecule has 2 heterocycles. The highest BCUT2D eigenvalue weighted by molar-refractivity contribution is 7.15. The van der Waals surface area contributed by atoms with Crippen LogP contribution in [0.3, 0.4) is 0 Å². The fourth-order valence-electron chi connectivity index (χ4n) is 1.29. The van der Waals surface area contributed by atoms with Gasteiger partial charge in [0.25, 0.3) is 0 Å². The molecule has 3 nitrogen and oxygen atoms in total. The maximum atomic E-state index is 4.52. The minimum absolute atomic E-state index is 0.686. The van der Waals surface area contributed by atoms with Crippen LogP contribution in [0.1, 0.15) is 18.3 Å². The van der Waals surface area contributed by atoms with Gasteiger partial charge in [0.1, 0.15) is 13.8 Å². The van der Waals surface area contributed by atoms with E-state index in [1.165, 1.54) is 11.3 Å². The molecule has 0 spiro atoms. The lowest BCUT2D eigenvalue weighted by molar-refractivity contribution is 1.01. The van der Waals surface area contributed by atoms with Gasteiger partial charge in [-0.3, -0.25) is 0 Å². The zero-order chi connectivity index (χ0) is 12.5. The molecule has 1 radical (unpaired) electrons. The van der Waals surface area contributed by atoms with E-state index in [1.54, 1.807) is 0 Å². The summed E-state index contributed by atoms with van der Waals surface area (Å²) in [5.74, 6) is 3.19. The number of hydrogen-bond donors (Lipinski definition) is 0.